The number of phenols is 1. The third kappa shape index (κ3) is 1.05. The highest BCUT2D eigenvalue weighted by atomic mass is 16.3. The number of phenolic OH excluding ortho intramolecular Hbond substituents is 1. The molecule has 2 aromatic rings. The average Bonchev–Trinajstić information content (AvgIpc) is 2.03. The molecule has 1 aromatic heterocycles. The molecule has 0 saturated carbocycles. The molecule has 3 heteroatoms. The Kier molecular flexibility index (Phi) is 1.37. The molecule has 0 aliphatic carbocycles. The fourth-order valence-electron chi connectivity index (χ4n) is 1.20. The van der Waals surface area contributed by atoms with Gasteiger partial charge in [-0.25, -0.2) is 5.84 Å². The third-order valence-corrected chi connectivity index (χ3v) is 1.78. The van der Waals surface area contributed by atoms with Gasteiger partial charge in [-0.15, -0.1) is 0 Å². The Bertz CT molecular complexity index is 389. The Morgan fingerprint density at radius 1 is 1.17 bits per heavy atom. The van der Waals surface area contributed by atoms with Crippen LogP contribution < -0.4 is 10.5 Å². The van der Waals surface area contributed by atoms with Crippen molar-refractivity contribution < 1.29 is 9.78 Å². The van der Waals surface area contributed by atoms with Gasteiger partial charge in [-0.2, -0.15) is 0 Å². The summed E-state index contributed by atoms with van der Waals surface area (Å²) >= 11 is 0. The van der Waals surface area contributed by atoms with Gasteiger partial charge in [0.25, 0.3) is 0 Å². The monoisotopic (exact) mass is 161 g/mol. The summed E-state index contributed by atoms with van der Waals surface area (Å²) in [5.74, 6) is 5.77. The van der Waals surface area contributed by atoms with E-state index in [0.29, 0.717) is 0 Å². The maximum atomic E-state index is 9.17. The molecular weight excluding hydrogens is 152 g/mol. The number of pyridine rings is 1. The van der Waals surface area contributed by atoms with E-state index in [1.807, 2.05) is 12.1 Å². The predicted octanol–water partition coefficient (Wildman–Crippen LogP) is 0.547. The van der Waals surface area contributed by atoms with Crippen molar-refractivity contribution >= 4 is 10.8 Å². The highest BCUT2D eigenvalue weighted by Gasteiger charge is 1.99. The van der Waals surface area contributed by atoms with Gasteiger partial charge in [-0.05, 0) is 17.5 Å². The number of benzene rings is 1. The molecule has 0 fully saturated rings. The van der Waals surface area contributed by atoms with Gasteiger partial charge < -0.3 is 5.11 Å². The van der Waals surface area contributed by atoms with E-state index < -0.39 is 0 Å². The first kappa shape index (κ1) is 6.91. The van der Waals surface area contributed by atoms with Crippen LogP contribution in [0.25, 0.3) is 10.8 Å². The van der Waals surface area contributed by atoms with Crippen LogP contribution in [0.2, 0.25) is 0 Å². The molecular formula is C9H9N2O+. The first-order chi connectivity index (χ1) is 5.75. The summed E-state index contributed by atoms with van der Waals surface area (Å²) in [5, 5.41) is 11.2. The maximum Gasteiger partial charge on any atom is 0.207 e. The molecule has 0 unspecified atom stereocenters. The van der Waals surface area contributed by atoms with Crippen molar-refractivity contribution in [2.24, 2.45) is 0 Å². The standard InChI is InChI=1S/C9H8N2O/c10-11-4-3-7-1-2-9(12)5-8(7)6-11/h1-6H,10H2/p+1. The molecule has 0 aliphatic heterocycles. The van der Waals surface area contributed by atoms with E-state index in [0.717, 1.165) is 10.8 Å². The van der Waals surface area contributed by atoms with E-state index in [9.17, 15) is 5.11 Å². The number of aromatic nitrogens is 1. The van der Waals surface area contributed by atoms with E-state index >= 15 is 0 Å². The summed E-state index contributed by atoms with van der Waals surface area (Å²) in [6.07, 6.45) is 3.52. The Balaban J connectivity index is 2.80. The molecule has 0 radical (unpaired) electrons. The van der Waals surface area contributed by atoms with Crippen molar-refractivity contribution in [2.45, 2.75) is 0 Å². The van der Waals surface area contributed by atoms with Crippen LogP contribution in [0.5, 0.6) is 5.75 Å². The van der Waals surface area contributed by atoms with E-state index in [2.05, 4.69) is 0 Å². The van der Waals surface area contributed by atoms with E-state index in [4.69, 9.17) is 5.84 Å². The molecule has 60 valence electrons. The molecule has 12 heavy (non-hydrogen) atoms. The lowest BCUT2D eigenvalue weighted by atomic mass is 10.2. The van der Waals surface area contributed by atoms with Gasteiger partial charge >= 0.3 is 0 Å². The smallest absolute Gasteiger partial charge is 0.207 e. The maximum absolute atomic E-state index is 9.17. The summed E-state index contributed by atoms with van der Waals surface area (Å²) in [5.41, 5.74) is 0. The van der Waals surface area contributed by atoms with Crippen LogP contribution >= 0.6 is 0 Å². The molecule has 0 aliphatic rings. The van der Waals surface area contributed by atoms with Crippen LogP contribution in [0, 0.1) is 0 Å². The largest absolute Gasteiger partial charge is 0.508 e. The van der Waals surface area contributed by atoms with Crippen LogP contribution in [-0.4, -0.2) is 5.11 Å². The first-order valence-corrected chi connectivity index (χ1v) is 3.65. The number of aromatic hydroxyl groups is 1. The molecule has 1 heterocycles. The second kappa shape index (κ2) is 2.37. The van der Waals surface area contributed by atoms with Crippen LogP contribution in [0.15, 0.2) is 36.7 Å². The van der Waals surface area contributed by atoms with Gasteiger partial charge in [0.1, 0.15) is 5.75 Å². The fraction of sp³-hybridized carbons (Fsp3) is 0. The van der Waals surface area contributed by atoms with Crippen LogP contribution in [0.3, 0.4) is 0 Å². The zero-order valence-corrected chi connectivity index (χ0v) is 6.44. The molecule has 0 bridgehead atoms. The minimum absolute atomic E-state index is 0.258. The summed E-state index contributed by atoms with van der Waals surface area (Å²) in [4.78, 5) is 0. The minimum Gasteiger partial charge on any atom is -0.508 e. The Labute approximate surface area is 69.6 Å². The van der Waals surface area contributed by atoms with Crippen molar-refractivity contribution in [3.63, 3.8) is 0 Å². The van der Waals surface area contributed by atoms with Gasteiger partial charge in [0.05, 0.1) is 5.39 Å². The normalized spacial score (nSPS) is 10.3. The van der Waals surface area contributed by atoms with Gasteiger partial charge in [0.15, 0.2) is 6.20 Å². The molecule has 2 rings (SSSR count). The fourth-order valence-corrected chi connectivity index (χ4v) is 1.20. The SMILES string of the molecule is N[n+]1ccc2ccc(O)cc2c1. The number of nitrogens with two attached hydrogens (primary N) is 1. The van der Waals surface area contributed by atoms with Crippen LogP contribution in [0.4, 0.5) is 0 Å². The number of nitrogens with zero attached hydrogens (tertiary/aromatic N) is 1. The van der Waals surface area contributed by atoms with E-state index in [-0.39, 0.29) is 5.75 Å². The number of hydrogen-bond acceptors (Lipinski definition) is 2. The second-order valence-electron chi connectivity index (χ2n) is 2.71. The van der Waals surface area contributed by atoms with Gasteiger partial charge in [-0.3, -0.25) is 0 Å². The van der Waals surface area contributed by atoms with Crippen molar-refractivity contribution in [3.8, 4) is 5.75 Å². The molecule has 3 N–H and O–H groups in total. The van der Waals surface area contributed by atoms with Crippen molar-refractivity contribution in [1.82, 2.24) is 0 Å². The van der Waals surface area contributed by atoms with Crippen LogP contribution in [0.1, 0.15) is 0 Å². The van der Waals surface area contributed by atoms with E-state index in [1.165, 1.54) is 4.68 Å². The Hall–Kier alpha value is -1.77. The lowest BCUT2D eigenvalue weighted by Gasteiger charge is -1.95. The topological polar surface area (TPSA) is 50.1 Å². The minimum atomic E-state index is 0.258. The summed E-state index contributed by atoms with van der Waals surface area (Å²) in [7, 11) is 0. The lowest BCUT2D eigenvalue weighted by Crippen LogP contribution is -2.43. The Morgan fingerprint density at radius 2 is 2.00 bits per heavy atom. The number of hydrogen-bond donors (Lipinski definition) is 2. The predicted molar refractivity (Wildman–Crippen MR) is 46.0 cm³/mol. The van der Waals surface area contributed by atoms with Crippen LogP contribution in [-0.2, 0) is 0 Å². The highest BCUT2D eigenvalue weighted by molar-refractivity contribution is 5.81. The summed E-state index contributed by atoms with van der Waals surface area (Å²) in [6, 6.07) is 7.08. The molecule has 0 atom stereocenters. The quantitative estimate of drug-likeness (QED) is 0.438. The average molecular weight is 161 g/mol. The van der Waals surface area contributed by atoms with E-state index in [1.54, 1.807) is 24.5 Å². The lowest BCUT2D eigenvalue weighted by molar-refractivity contribution is -0.637. The molecule has 0 spiro atoms. The molecule has 3 nitrogen and oxygen atoms in total. The molecule has 1 aromatic carbocycles. The summed E-state index contributed by atoms with van der Waals surface area (Å²) in [6.45, 7) is 0. The second-order valence-corrected chi connectivity index (χ2v) is 2.71. The number of rotatable bonds is 0. The van der Waals surface area contributed by atoms with Gasteiger partial charge in [0.2, 0.25) is 6.20 Å². The number of fused-ring (bicyclic) bond motifs is 1. The third-order valence-electron chi connectivity index (χ3n) is 1.78. The Morgan fingerprint density at radius 3 is 2.83 bits per heavy atom. The van der Waals surface area contributed by atoms with Crippen molar-refractivity contribution in [3.05, 3.63) is 36.7 Å². The van der Waals surface area contributed by atoms with Crippen molar-refractivity contribution in [1.29, 1.82) is 0 Å². The van der Waals surface area contributed by atoms with Crippen molar-refractivity contribution in [2.75, 3.05) is 5.84 Å². The van der Waals surface area contributed by atoms with Gasteiger partial charge in [0, 0.05) is 6.07 Å². The summed E-state index contributed by atoms with van der Waals surface area (Å²) < 4.78 is 1.46. The first-order valence-electron chi connectivity index (χ1n) is 3.65. The van der Waals surface area contributed by atoms with Gasteiger partial charge in [-0.1, -0.05) is 10.7 Å². The number of nitrogen functional groups attached to an aromatic ring is 1. The zero-order chi connectivity index (χ0) is 8.55. The highest BCUT2D eigenvalue weighted by Crippen LogP contribution is 2.17. The molecule has 0 amide bonds. The molecule has 0 saturated heterocycles. The zero-order valence-electron chi connectivity index (χ0n) is 6.44.